The first kappa shape index (κ1) is 15.5. The summed E-state index contributed by atoms with van der Waals surface area (Å²) in [4.78, 5) is 2.08. The minimum absolute atomic E-state index is 0.397. The molecule has 3 heteroatoms. The van der Waals surface area contributed by atoms with Gasteiger partial charge in [-0.3, -0.25) is 0 Å². The van der Waals surface area contributed by atoms with E-state index in [2.05, 4.69) is 49.4 Å². The van der Waals surface area contributed by atoms with Crippen LogP contribution in [0.1, 0.15) is 25.8 Å². The average molecular weight is 309 g/mol. The Bertz CT molecular complexity index is 551. The van der Waals surface area contributed by atoms with Gasteiger partial charge in [0.1, 0.15) is 0 Å². The first-order chi connectivity index (χ1) is 9.41. The van der Waals surface area contributed by atoms with Gasteiger partial charge in [0.15, 0.2) is 0 Å². The molecule has 0 amide bonds. The second-order valence-electron chi connectivity index (χ2n) is 5.57. The van der Waals surface area contributed by atoms with Crippen molar-refractivity contribution < 1.29 is 0 Å². The first-order valence-corrected chi connectivity index (χ1v) is 7.57. The van der Waals surface area contributed by atoms with Crippen molar-refractivity contribution in [1.82, 2.24) is 0 Å². The maximum absolute atomic E-state index is 6.47. The maximum atomic E-state index is 6.47. The Hall–Kier alpha value is -0.920. The third kappa shape index (κ3) is 3.05. The highest BCUT2D eigenvalue weighted by molar-refractivity contribution is 6.46. The topological polar surface area (TPSA) is 3.24 Å². The second-order valence-corrected chi connectivity index (χ2v) is 6.32. The van der Waals surface area contributed by atoms with Gasteiger partial charge in [0.25, 0.3) is 0 Å². The third-order valence-electron chi connectivity index (χ3n) is 3.59. The summed E-state index contributed by atoms with van der Waals surface area (Å²) in [5, 5.41) is 1.38. The fourth-order valence-electron chi connectivity index (χ4n) is 2.34. The van der Waals surface area contributed by atoms with E-state index in [4.69, 9.17) is 23.2 Å². The molecule has 20 heavy (non-hydrogen) atoms. The van der Waals surface area contributed by atoms with Crippen molar-refractivity contribution in [2.24, 2.45) is 5.92 Å². The van der Waals surface area contributed by atoms with E-state index in [1.807, 2.05) is 14.1 Å². The number of nitrogens with zero attached hydrogens (tertiary/aromatic N) is 1. The molecule has 0 fully saturated rings. The van der Waals surface area contributed by atoms with Crippen LogP contribution in [0, 0.1) is 12.3 Å². The van der Waals surface area contributed by atoms with Crippen LogP contribution in [0.15, 0.2) is 39.9 Å². The number of hydrogen-bond acceptors (Lipinski definition) is 1. The van der Waals surface area contributed by atoms with Crippen LogP contribution in [0.5, 0.6) is 0 Å². The van der Waals surface area contributed by atoms with Crippen molar-refractivity contribution in [2.45, 2.75) is 20.3 Å². The Labute approximate surface area is 131 Å². The van der Waals surface area contributed by atoms with E-state index in [0.717, 1.165) is 23.1 Å². The van der Waals surface area contributed by atoms with Gasteiger partial charge in [0, 0.05) is 19.8 Å². The smallest absolute Gasteiger partial charge is 0.0630 e. The van der Waals surface area contributed by atoms with Crippen molar-refractivity contribution in [3.8, 4) is 0 Å². The number of hydrogen-bond donors (Lipinski definition) is 0. The van der Waals surface area contributed by atoms with Gasteiger partial charge in [-0.25, -0.2) is 0 Å². The molecule has 2 rings (SSSR count). The summed E-state index contributed by atoms with van der Waals surface area (Å²) in [7, 11) is 4.06. The summed E-state index contributed by atoms with van der Waals surface area (Å²) in [6.45, 7) is 4.27. The predicted molar refractivity (Wildman–Crippen MR) is 90.2 cm³/mol. The van der Waals surface area contributed by atoms with Crippen LogP contribution in [-0.4, -0.2) is 14.1 Å². The number of rotatable bonds is 3. The fourth-order valence-corrected chi connectivity index (χ4v) is 3.05. The number of anilines is 1. The molecule has 107 valence electrons. The van der Waals surface area contributed by atoms with Gasteiger partial charge in [-0.1, -0.05) is 49.2 Å². The van der Waals surface area contributed by atoms with E-state index in [1.165, 1.54) is 5.69 Å². The number of allylic oxidation sites excluding steroid dienone is 4. The van der Waals surface area contributed by atoms with Crippen LogP contribution in [0.2, 0.25) is 0 Å². The number of benzene rings is 1. The molecular weight excluding hydrogens is 289 g/mol. The molecule has 1 nitrogen and oxygen atoms in total. The lowest BCUT2D eigenvalue weighted by atomic mass is 9.88. The van der Waals surface area contributed by atoms with Crippen molar-refractivity contribution >= 4 is 34.5 Å². The first-order valence-electron chi connectivity index (χ1n) is 6.81. The lowest BCUT2D eigenvalue weighted by molar-refractivity contribution is 0.764. The summed E-state index contributed by atoms with van der Waals surface area (Å²) < 4.78 is 0. The molecule has 1 aliphatic rings. The van der Waals surface area contributed by atoms with Crippen LogP contribution in [-0.2, 0) is 0 Å². The van der Waals surface area contributed by atoms with E-state index in [1.54, 1.807) is 0 Å². The van der Waals surface area contributed by atoms with Gasteiger partial charge in [-0.2, -0.15) is 0 Å². The molecule has 0 atom stereocenters. The Kier molecular flexibility index (Phi) is 4.82. The highest BCUT2D eigenvalue weighted by Crippen LogP contribution is 2.41. The Morgan fingerprint density at radius 2 is 1.60 bits per heavy atom. The summed E-state index contributed by atoms with van der Waals surface area (Å²) in [6, 6.07) is 8.40. The lowest BCUT2D eigenvalue weighted by Crippen LogP contribution is -2.08. The average Bonchev–Trinajstić information content (AvgIpc) is 2.41. The SMILES string of the molecule is CC(C)C1=C(Cl)C(Cl)=C(c2ccc(N(C)C)cc2)C[CH]1. The largest absolute Gasteiger partial charge is 0.378 e. The molecule has 0 N–H and O–H groups in total. The van der Waals surface area contributed by atoms with Gasteiger partial charge in [0.05, 0.1) is 10.1 Å². The molecule has 0 spiro atoms. The summed E-state index contributed by atoms with van der Waals surface area (Å²) in [5.41, 5.74) is 4.56. The minimum atomic E-state index is 0.397. The third-order valence-corrected chi connectivity index (χ3v) is 4.51. The maximum Gasteiger partial charge on any atom is 0.0630 e. The van der Waals surface area contributed by atoms with Crippen LogP contribution in [0.3, 0.4) is 0 Å². The molecule has 0 saturated heterocycles. The van der Waals surface area contributed by atoms with E-state index in [-0.39, 0.29) is 0 Å². The summed E-state index contributed by atoms with van der Waals surface area (Å²) in [5.74, 6) is 0.397. The van der Waals surface area contributed by atoms with E-state index in [9.17, 15) is 0 Å². The molecule has 0 saturated carbocycles. The van der Waals surface area contributed by atoms with Gasteiger partial charge in [-0.05, 0) is 47.6 Å². The molecule has 0 unspecified atom stereocenters. The Balaban J connectivity index is 2.38. The molecule has 1 aromatic carbocycles. The van der Waals surface area contributed by atoms with Gasteiger partial charge in [0.2, 0.25) is 0 Å². The quantitative estimate of drug-likeness (QED) is 0.716. The zero-order chi connectivity index (χ0) is 14.9. The predicted octanol–water partition coefficient (Wildman–Crippen LogP) is 5.46. The van der Waals surface area contributed by atoms with Crippen LogP contribution in [0.4, 0.5) is 5.69 Å². The zero-order valence-electron chi connectivity index (χ0n) is 12.4. The van der Waals surface area contributed by atoms with Gasteiger partial charge < -0.3 is 4.90 Å². The fraction of sp³-hybridized carbons (Fsp3) is 0.353. The summed E-state index contributed by atoms with van der Waals surface area (Å²) >= 11 is 12.9. The Morgan fingerprint density at radius 3 is 2.10 bits per heavy atom. The van der Waals surface area contributed by atoms with Crippen LogP contribution in [0.25, 0.3) is 5.57 Å². The van der Waals surface area contributed by atoms with Crippen molar-refractivity contribution in [1.29, 1.82) is 0 Å². The van der Waals surface area contributed by atoms with E-state index < -0.39 is 0 Å². The lowest BCUT2D eigenvalue weighted by Gasteiger charge is -2.22. The summed E-state index contributed by atoms with van der Waals surface area (Å²) in [6.07, 6.45) is 3.03. The molecule has 1 aliphatic carbocycles. The molecule has 0 aromatic heterocycles. The Morgan fingerprint density at radius 1 is 1.00 bits per heavy atom. The molecule has 0 bridgehead atoms. The van der Waals surface area contributed by atoms with Crippen LogP contribution < -0.4 is 4.90 Å². The van der Waals surface area contributed by atoms with Crippen molar-refractivity contribution in [3.63, 3.8) is 0 Å². The molecule has 1 aromatic rings. The normalized spacial score (nSPS) is 16.1. The van der Waals surface area contributed by atoms with E-state index >= 15 is 0 Å². The van der Waals surface area contributed by atoms with Gasteiger partial charge in [-0.15, -0.1) is 0 Å². The minimum Gasteiger partial charge on any atom is -0.378 e. The second kappa shape index (κ2) is 6.24. The highest BCUT2D eigenvalue weighted by atomic mass is 35.5. The van der Waals surface area contributed by atoms with Crippen molar-refractivity contribution in [2.75, 3.05) is 19.0 Å². The van der Waals surface area contributed by atoms with E-state index in [0.29, 0.717) is 16.0 Å². The van der Waals surface area contributed by atoms with Gasteiger partial charge >= 0.3 is 0 Å². The van der Waals surface area contributed by atoms with Crippen LogP contribution >= 0.6 is 23.2 Å². The molecule has 1 radical (unpaired) electrons. The highest BCUT2D eigenvalue weighted by Gasteiger charge is 2.22. The van der Waals surface area contributed by atoms with Crippen molar-refractivity contribution in [3.05, 3.63) is 51.9 Å². The standard InChI is InChI=1S/C17H20Cl2N/c1-11(2)14-9-10-15(17(19)16(14)18)12-5-7-13(8-6-12)20(3)4/h5-9,11H,10H2,1-4H3. The molecule has 0 aliphatic heterocycles. The molecular formula is C17H20Cl2N. The number of halogens is 2. The molecule has 0 heterocycles. The zero-order valence-corrected chi connectivity index (χ0v) is 13.9. The monoisotopic (exact) mass is 308 g/mol.